The summed E-state index contributed by atoms with van der Waals surface area (Å²) in [6, 6.07) is 9.35. The Kier molecular flexibility index (Phi) is 8.19. The number of ether oxygens (including phenoxy) is 1. The molecule has 0 heterocycles. The van der Waals surface area contributed by atoms with Crippen LogP contribution in [-0.2, 0) is 4.74 Å². The molecular formula is C16H27NOS. The molecule has 2 unspecified atom stereocenters. The van der Waals surface area contributed by atoms with Gasteiger partial charge in [0.15, 0.2) is 0 Å². The molecule has 0 fully saturated rings. The fraction of sp³-hybridized carbons (Fsp3) is 0.625. The molecule has 0 aliphatic rings. The number of thioether (sulfide) groups is 1. The molecule has 1 N–H and O–H groups in total. The second kappa shape index (κ2) is 9.40. The maximum atomic E-state index is 5.21. The molecule has 19 heavy (non-hydrogen) atoms. The Hall–Kier alpha value is -0.510. The van der Waals surface area contributed by atoms with E-state index in [0.717, 1.165) is 26.0 Å². The molecule has 108 valence electrons. The topological polar surface area (TPSA) is 21.3 Å². The molecule has 0 bridgehead atoms. The summed E-state index contributed by atoms with van der Waals surface area (Å²) >= 11 is 1.79. The third-order valence-corrected chi connectivity index (χ3v) is 4.18. The van der Waals surface area contributed by atoms with E-state index in [4.69, 9.17) is 4.74 Å². The van der Waals surface area contributed by atoms with Crippen LogP contribution in [0.25, 0.3) is 0 Å². The quantitative estimate of drug-likeness (QED) is 0.688. The minimum Gasteiger partial charge on any atom is -0.385 e. The Morgan fingerprint density at radius 3 is 2.47 bits per heavy atom. The number of benzene rings is 1. The first-order valence-electron chi connectivity index (χ1n) is 7.09. The minimum absolute atomic E-state index is 0.422. The highest BCUT2D eigenvalue weighted by Gasteiger charge is 2.18. The van der Waals surface area contributed by atoms with Crippen molar-refractivity contribution < 1.29 is 4.74 Å². The summed E-state index contributed by atoms with van der Waals surface area (Å²) in [6.45, 7) is 6.40. The molecule has 0 radical (unpaired) electrons. The lowest BCUT2D eigenvalue weighted by atomic mass is 9.92. The Morgan fingerprint density at radius 2 is 1.95 bits per heavy atom. The van der Waals surface area contributed by atoms with Gasteiger partial charge in [0.1, 0.15) is 0 Å². The van der Waals surface area contributed by atoms with E-state index in [9.17, 15) is 0 Å². The summed E-state index contributed by atoms with van der Waals surface area (Å²) in [4.78, 5) is 1.32. The highest BCUT2D eigenvalue weighted by Crippen LogP contribution is 2.26. The van der Waals surface area contributed by atoms with Gasteiger partial charge < -0.3 is 10.1 Å². The van der Waals surface area contributed by atoms with Crippen molar-refractivity contribution in [2.45, 2.75) is 37.6 Å². The second-order valence-electron chi connectivity index (χ2n) is 4.96. The van der Waals surface area contributed by atoms with Gasteiger partial charge in [-0.3, -0.25) is 0 Å². The largest absolute Gasteiger partial charge is 0.385 e. The smallest absolute Gasteiger partial charge is 0.0465 e. The van der Waals surface area contributed by atoms with E-state index in [1.54, 1.807) is 18.9 Å². The molecule has 2 atom stereocenters. The first-order valence-corrected chi connectivity index (χ1v) is 8.31. The van der Waals surface area contributed by atoms with Crippen molar-refractivity contribution in [2.24, 2.45) is 5.92 Å². The van der Waals surface area contributed by atoms with Crippen LogP contribution in [0.5, 0.6) is 0 Å². The average Bonchev–Trinajstić information content (AvgIpc) is 2.46. The normalized spacial score (nSPS) is 14.3. The third kappa shape index (κ3) is 5.55. The van der Waals surface area contributed by atoms with Crippen molar-refractivity contribution in [3.05, 3.63) is 29.8 Å². The molecular weight excluding hydrogens is 254 g/mol. The van der Waals surface area contributed by atoms with E-state index in [1.807, 2.05) is 0 Å². The Balaban J connectivity index is 2.75. The molecule has 0 spiro atoms. The number of hydrogen-bond donors (Lipinski definition) is 1. The number of methoxy groups -OCH3 is 1. The van der Waals surface area contributed by atoms with Crippen LogP contribution in [0.3, 0.4) is 0 Å². The summed E-state index contributed by atoms with van der Waals surface area (Å²) in [5, 5.41) is 3.67. The molecule has 3 heteroatoms. The fourth-order valence-corrected chi connectivity index (χ4v) is 2.64. The van der Waals surface area contributed by atoms with Crippen LogP contribution in [0.2, 0.25) is 0 Å². The Bertz CT molecular complexity index is 339. The summed E-state index contributed by atoms with van der Waals surface area (Å²) in [5.41, 5.74) is 1.38. The second-order valence-corrected chi connectivity index (χ2v) is 5.84. The monoisotopic (exact) mass is 281 g/mol. The van der Waals surface area contributed by atoms with Crippen LogP contribution >= 0.6 is 11.8 Å². The molecule has 1 rings (SSSR count). The predicted octanol–water partition coefficient (Wildman–Crippen LogP) is 4.12. The summed E-state index contributed by atoms with van der Waals surface area (Å²) < 4.78 is 5.21. The Morgan fingerprint density at radius 1 is 1.26 bits per heavy atom. The van der Waals surface area contributed by atoms with Crippen molar-refractivity contribution in [2.75, 3.05) is 26.5 Å². The molecule has 0 saturated carbocycles. The van der Waals surface area contributed by atoms with E-state index in [-0.39, 0.29) is 0 Å². The lowest BCUT2D eigenvalue weighted by Crippen LogP contribution is -2.28. The first-order chi connectivity index (χ1) is 9.22. The fourth-order valence-electron chi connectivity index (χ4n) is 2.23. The van der Waals surface area contributed by atoms with Crippen LogP contribution in [0.15, 0.2) is 29.2 Å². The molecule has 1 aromatic carbocycles. The van der Waals surface area contributed by atoms with Crippen molar-refractivity contribution in [3.63, 3.8) is 0 Å². The highest BCUT2D eigenvalue weighted by molar-refractivity contribution is 7.98. The molecule has 0 amide bonds. The number of rotatable bonds is 9. The van der Waals surface area contributed by atoms with Gasteiger partial charge in [0.05, 0.1) is 0 Å². The zero-order chi connectivity index (χ0) is 14.1. The summed E-state index contributed by atoms with van der Waals surface area (Å²) in [7, 11) is 1.77. The molecule has 0 aliphatic carbocycles. The lowest BCUT2D eigenvalue weighted by molar-refractivity contribution is 0.170. The maximum Gasteiger partial charge on any atom is 0.0465 e. The van der Waals surface area contributed by atoms with E-state index >= 15 is 0 Å². The van der Waals surface area contributed by atoms with Crippen LogP contribution in [0.1, 0.15) is 38.3 Å². The lowest BCUT2D eigenvalue weighted by Gasteiger charge is -2.26. The van der Waals surface area contributed by atoms with Gasteiger partial charge in [0.25, 0.3) is 0 Å². The zero-order valence-electron chi connectivity index (χ0n) is 12.6. The molecule has 0 aliphatic heterocycles. The zero-order valence-corrected chi connectivity index (χ0v) is 13.4. The van der Waals surface area contributed by atoms with Gasteiger partial charge in [0, 0.05) is 24.7 Å². The summed E-state index contributed by atoms with van der Waals surface area (Å²) in [5.74, 6) is 0.576. The van der Waals surface area contributed by atoms with E-state index < -0.39 is 0 Å². The van der Waals surface area contributed by atoms with Gasteiger partial charge in [-0.25, -0.2) is 0 Å². The van der Waals surface area contributed by atoms with Crippen molar-refractivity contribution >= 4 is 11.8 Å². The van der Waals surface area contributed by atoms with Gasteiger partial charge in [-0.1, -0.05) is 26.0 Å². The molecule has 2 nitrogen and oxygen atoms in total. The molecule has 0 aromatic heterocycles. The van der Waals surface area contributed by atoms with E-state index in [2.05, 4.69) is 49.7 Å². The average molecular weight is 281 g/mol. The Labute approximate surface area is 122 Å². The highest BCUT2D eigenvalue weighted by atomic mass is 32.2. The van der Waals surface area contributed by atoms with Crippen LogP contribution < -0.4 is 5.32 Å². The minimum atomic E-state index is 0.422. The van der Waals surface area contributed by atoms with Crippen molar-refractivity contribution in [1.82, 2.24) is 5.32 Å². The number of nitrogens with one attached hydrogen (secondary N) is 1. The maximum absolute atomic E-state index is 5.21. The standard InChI is InChI=1S/C16H27NOS/c1-5-11-17-16(13(2)10-12-18-3)14-6-8-15(19-4)9-7-14/h6-9,13,16-17H,5,10-12H2,1-4H3. The van der Waals surface area contributed by atoms with Gasteiger partial charge in [-0.15, -0.1) is 11.8 Å². The van der Waals surface area contributed by atoms with Crippen molar-refractivity contribution in [3.8, 4) is 0 Å². The number of hydrogen-bond acceptors (Lipinski definition) is 3. The summed E-state index contributed by atoms with van der Waals surface area (Å²) in [6.07, 6.45) is 4.36. The molecule has 1 aromatic rings. The third-order valence-electron chi connectivity index (χ3n) is 3.44. The van der Waals surface area contributed by atoms with Gasteiger partial charge >= 0.3 is 0 Å². The van der Waals surface area contributed by atoms with Gasteiger partial charge in [0.2, 0.25) is 0 Å². The van der Waals surface area contributed by atoms with Crippen molar-refractivity contribution in [1.29, 1.82) is 0 Å². The van der Waals surface area contributed by atoms with Crippen LogP contribution in [0.4, 0.5) is 0 Å². The van der Waals surface area contributed by atoms with Gasteiger partial charge in [-0.2, -0.15) is 0 Å². The van der Waals surface area contributed by atoms with Crippen LogP contribution in [-0.4, -0.2) is 26.5 Å². The molecule has 0 saturated heterocycles. The van der Waals surface area contributed by atoms with Crippen LogP contribution in [0, 0.1) is 5.92 Å². The predicted molar refractivity (Wildman–Crippen MR) is 84.9 cm³/mol. The SMILES string of the molecule is CCCNC(c1ccc(SC)cc1)C(C)CCOC. The van der Waals surface area contributed by atoms with E-state index in [1.165, 1.54) is 10.5 Å². The first kappa shape index (κ1) is 16.5. The van der Waals surface area contributed by atoms with Gasteiger partial charge in [-0.05, 0) is 49.3 Å². The van der Waals surface area contributed by atoms with E-state index in [0.29, 0.717) is 12.0 Å².